The number of halogens is 4. The van der Waals surface area contributed by atoms with E-state index in [4.69, 9.17) is 11.6 Å². The summed E-state index contributed by atoms with van der Waals surface area (Å²) in [5.41, 5.74) is -2.14. The van der Waals surface area contributed by atoms with Crippen LogP contribution in [-0.4, -0.2) is 23.1 Å². The number of carbonyl (C=O) groups excluding carboxylic acids is 2. The lowest BCUT2D eigenvalue weighted by molar-refractivity contribution is -0.138. The standard InChI is InChI=1S/C15H13ClF3N3O3S/c16-11-6-9(15(17,18)19)7-22(13(11)24)8-12(23)21-14(25)20-4-3-10-2-1-5-26-10/h1-2,5-7H,3-4,8H2,(H2,20,21,23,25). The van der Waals surface area contributed by atoms with Crippen LogP contribution < -0.4 is 16.2 Å². The van der Waals surface area contributed by atoms with Gasteiger partial charge in [0.05, 0.1) is 5.56 Å². The van der Waals surface area contributed by atoms with Gasteiger partial charge in [0.25, 0.3) is 5.56 Å². The molecule has 0 unspecified atom stereocenters. The smallest absolute Gasteiger partial charge is 0.337 e. The molecule has 0 aromatic carbocycles. The van der Waals surface area contributed by atoms with Crippen LogP contribution in [0.15, 0.2) is 34.6 Å². The summed E-state index contributed by atoms with van der Waals surface area (Å²) in [5, 5.41) is 5.60. The molecule has 11 heteroatoms. The lowest BCUT2D eigenvalue weighted by Crippen LogP contribution is -2.42. The fraction of sp³-hybridized carbons (Fsp3) is 0.267. The summed E-state index contributed by atoms with van der Waals surface area (Å²) >= 11 is 7.00. The molecular formula is C15H13ClF3N3O3S. The highest BCUT2D eigenvalue weighted by Crippen LogP contribution is 2.29. The highest BCUT2D eigenvalue weighted by Gasteiger charge is 2.32. The minimum absolute atomic E-state index is 0.273. The third-order valence-electron chi connectivity index (χ3n) is 3.17. The average molecular weight is 408 g/mol. The summed E-state index contributed by atoms with van der Waals surface area (Å²) in [6, 6.07) is 3.42. The molecule has 140 valence electrons. The van der Waals surface area contributed by atoms with Crippen LogP contribution in [0.3, 0.4) is 0 Å². The molecular weight excluding hydrogens is 395 g/mol. The molecule has 2 heterocycles. The average Bonchev–Trinajstić information content (AvgIpc) is 3.03. The Hall–Kier alpha value is -2.33. The van der Waals surface area contributed by atoms with Gasteiger partial charge in [-0.2, -0.15) is 13.2 Å². The first-order valence-corrected chi connectivity index (χ1v) is 8.50. The van der Waals surface area contributed by atoms with Crippen LogP contribution in [0, 0.1) is 0 Å². The maximum atomic E-state index is 12.7. The van der Waals surface area contributed by atoms with Crippen molar-refractivity contribution in [1.29, 1.82) is 0 Å². The van der Waals surface area contributed by atoms with Gasteiger partial charge in [-0.15, -0.1) is 11.3 Å². The van der Waals surface area contributed by atoms with Crippen molar-refractivity contribution in [3.8, 4) is 0 Å². The second-order valence-corrected chi connectivity index (χ2v) is 6.58. The zero-order valence-electron chi connectivity index (χ0n) is 13.1. The molecule has 3 amide bonds. The lowest BCUT2D eigenvalue weighted by Gasteiger charge is -2.12. The predicted octanol–water partition coefficient (Wildman–Crippen LogP) is 2.65. The number of hydrogen-bond acceptors (Lipinski definition) is 4. The number of thiophene rings is 1. The van der Waals surface area contributed by atoms with Crippen molar-refractivity contribution in [3.63, 3.8) is 0 Å². The monoisotopic (exact) mass is 407 g/mol. The molecule has 2 aromatic heterocycles. The van der Waals surface area contributed by atoms with E-state index < -0.39 is 40.8 Å². The van der Waals surface area contributed by atoms with Gasteiger partial charge in [0.15, 0.2) is 0 Å². The minimum Gasteiger partial charge on any atom is -0.337 e. The number of hydrogen-bond donors (Lipinski definition) is 2. The van der Waals surface area contributed by atoms with Gasteiger partial charge in [-0.1, -0.05) is 17.7 Å². The Labute approximate surface area is 154 Å². The number of rotatable bonds is 5. The number of amides is 3. The molecule has 0 saturated heterocycles. The third-order valence-corrected chi connectivity index (χ3v) is 4.38. The summed E-state index contributed by atoms with van der Waals surface area (Å²) in [6.45, 7) is -0.504. The van der Waals surface area contributed by atoms with Gasteiger partial charge < -0.3 is 9.88 Å². The zero-order chi connectivity index (χ0) is 19.3. The number of nitrogens with one attached hydrogen (secondary N) is 2. The van der Waals surface area contributed by atoms with Crippen LogP contribution in [0.4, 0.5) is 18.0 Å². The maximum Gasteiger partial charge on any atom is 0.417 e. The quantitative estimate of drug-likeness (QED) is 0.799. The van der Waals surface area contributed by atoms with E-state index in [1.54, 1.807) is 0 Å². The zero-order valence-corrected chi connectivity index (χ0v) is 14.7. The van der Waals surface area contributed by atoms with Gasteiger partial charge in [0.1, 0.15) is 11.6 Å². The van der Waals surface area contributed by atoms with E-state index in [0.717, 1.165) is 4.88 Å². The third kappa shape index (κ3) is 5.60. The fourth-order valence-corrected chi connectivity index (χ4v) is 2.93. The second-order valence-electron chi connectivity index (χ2n) is 5.14. The van der Waals surface area contributed by atoms with Crippen molar-refractivity contribution in [2.45, 2.75) is 19.1 Å². The molecule has 0 atom stereocenters. The Balaban J connectivity index is 1.93. The Morgan fingerprint density at radius 3 is 2.65 bits per heavy atom. The van der Waals surface area contributed by atoms with Crippen LogP contribution in [-0.2, 0) is 23.9 Å². The molecule has 0 fully saturated rings. The first-order valence-electron chi connectivity index (χ1n) is 7.24. The van der Waals surface area contributed by atoms with Crippen molar-refractivity contribution in [3.05, 3.63) is 55.6 Å². The van der Waals surface area contributed by atoms with Crippen molar-refractivity contribution in [1.82, 2.24) is 15.2 Å². The molecule has 0 aliphatic carbocycles. The van der Waals surface area contributed by atoms with Gasteiger partial charge in [-0.05, 0) is 23.9 Å². The van der Waals surface area contributed by atoms with E-state index in [0.29, 0.717) is 23.3 Å². The van der Waals surface area contributed by atoms with E-state index in [2.05, 4.69) is 5.32 Å². The Morgan fingerprint density at radius 1 is 1.31 bits per heavy atom. The van der Waals surface area contributed by atoms with Crippen LogP contribution in [0.25, 0.3) is 0 Å². The topological polar surface area (TPSA) is 80.2 Å². The van der Waals surface area contributed by atoms with Gasteiger partial charge in [0.2, 0.25) is 5.91 Å². The van der Waals surface area contributed by atoms with Crippen molar-refractivity contribution in [2.75, 3.05) is 6.54 Å². The molecule has 6 nitrogen and oxygen atoms in total. The molecule has 0 aliphatic heterocycles. The van der Waals surface area contributed by atoms with Crippen LogP contribution >= 0.6 is 22.9 Å². The van der Waals surface area contributed by atoms with Gasteiger partial charge in [-0.3, -0.25) is 14.9 Å². The second kappa shape index (κ2) is 8.37. The summed E-state index contributed by atoms with van der Waals surface area (Å²) < 4.78 is 38.7. The number of urea groups is 1. The first-order chi connectivity index (χ1) is 12.2. The number of pyridine rings is 1. The number of imide groups is 1. The van der Waals surface area contributed by atoms with Crippen LogP contribution in [0.1, 0.15) is 10.4 Å². The number of aromatic nitrogens is 1. The Bertz CT molecular complexity index is 850. The van der Waals surface area contributed by atoms with Crippen molar-refractivity contribution >= 4 is 34.9 Å². The highest BCUT2D eigenvalue weighted by atomic mass is 35.5. The normalized spacial score (nSPS) is 11.2. The van der Waals surface area contributed by atoms with E-state index in [-0.39, 0.29) is 6.54 Å². The van der Waals surface area contributed by atoms with E-state index >= 15 is 0 Å². The van der Waals surface area contributed by atoms with Crippen LogP contribution in [0.2, 0.25) is 5.02 Å². The molecule has 0 bridgehead atoms. The molecule has 26 heavy (non-hydrogen) atoms. The van der Waals surface area contributed by atoms with E-state index in [9.17, 15) is 27.6 Å². The molecule has 0 saturated carbocycles. The first kappa shape index (κ1) is 20.0. The molecule has 2 aromatic rings. The number of alkyl halides is 3. The molecule has 2 N–H and O–H groups in total. The van der Waals surface area contributed by atoms with Crippen molar-refractivity contribution in [2.24, 2.45) is 0 Å². The Kier molecular flexibility index (Phi) is 6.43. The molecule has 0 aliphatic rings. The highest BCUT2D eigenvalue weighted by molar-refractivity contribution is 7.09. The lowest BCUT2D eigenvalue weighted by atomic mass is 10.2. The summed E-state index contributed by atoms with van der Waals surface area (Å²) in [6.07, 6.45) is -3.68. The molecule has 2 rings (SSSR count). The molecule has 0 radical (unpaired) electrons. The summed E-state index contributed by atoms with van der Waals surface area (Å²) in [5.74, 6) is -0.948. The van der Waals surface area contributed by atoms with Gasteiger partial charge in [0, 0.05) is 17.6 Å². The minimum atomic E-state index is -4.73. The van der Waals surface area contributed by atoms with Crippen molar-refractivity contribution < 1.29 is 22.8 Å². The summed E-state index contributed by atoms with van der Waals surface area (Å²) in [7, 11) is 0. The Morgan fingerprint density at radius 2 is 2.04 bits per heavy atom. The van der Waals surface area contributed by atoms with Gasteiger partial charge in [-0.25, -0.2) is 4.79 Å². The number of carbonyl (C=O) groups is 2. The largest absolute Gasteiger partial charge is 0.417 e. The fourth-order valence-electron chi connectivity index (χ4n) is 1.99. The van der Waals surface area contributed by atoms with E-state index in [1.165, 1.54) is 11.3 Å². The number of nitrogens with zero attached hydrogens (tertiary/aromatic N) is 1. The predicted molar refractivity (Wildman–Crippen MR) is 90.3 cm³/mol. The molecule has 0 spiro atoms. The van der Waals surface area contributed by atoms with Crippen LogP contribution in [0.5, 0.6) is 0 Å². The van der Waals surface area contributed by atoms with E-state index in [1.807, 2.05) is 22.8 Å². The van der Waals surface area contributed by atoms with Gasteiger partial charge >= 0.3 is 12.2 Å². The maximum absolute atomic E-state index is 12.7. The SMILES string of the molecule is O=C(Cn1cc(C(F)(F)F)cc(Cl)c1=O)NC(=O)NCCc1cccs1. The summed E-state index contributed by atoms with van der Waals surface area (Å²) in [4.78, 5) is 36.2.